The summed E-state index contributed by atoms with van der Waals surface area (Å²) in [6.07, 6.45) is 5.43. The van der Waals surface area contributed by atoms with Gasteiger partial charge in [0.2, 0.25) is 0 Å². The minimum Gasteiger partial charge on any atom is -0.353 e. The fourth-order valence-corrected chi connectivity index (χ4v) is 2.31. The van der Waals surface area contributed by atoms with E-state index in [1.165, 1.54) is 19.3 Å². The van der Waals surface area contributed by atoms with Crippen molar-refractivity contribution in [3.05, 3.63) is 23.9 Å². The highest BCUT2D eigenvalue weighted by Crippen LogP contribution is 2.25. The molecule has 3 nitrogen and oxygen atoms in total. The molecule has 2 heterocycles. The summed E-state index contributed by atoms with van der Waals surface area (Å²) in [6, 6.07) is 4.18. The van der Waals surface area contributed by atoms with Crippen LogP contribution in [0, 0.1) is 0 Å². The zero-order chi connectivity index (χ0) is 11.5. The summed E-state index contributed by atoms with van der Waals surface area (Å²) in [5.41, 5.74) is 0.747. The number of nitrogens with zero attached hydrogens (tertiary/aromatic N) is 2. The Morgan fingerprint density at radius 1 is 1.50 bits per heavy atom. The first-order valence-corrected chi connectivity index (χ1v) is 5.92. The van der Waals surface area contributed by atoms with Crippen molar-refractivity contribution in [2.45, 2.75) is 39.2 Å². The van der Waals surface area contributed by atoms with E-state index in [2.05, 4.69) is 16.8 Å². The van der Waals surface area contributed by atoms with Gasteiger partial charge in [-0.05, 0) is 45.2 Å². The molecule has 1 aromatic rings. The number of pyridine rings is 1. The van der Waals surface area contributed by atoms with Crippen LogP contribution in [-0.2, 0) is 0 Å². The van der Waals surface area contributed by atoms with Gasteiger partial charge in [0.1, 0.15) is 5.82 Å². The highest BCUT2D eigenvalue weighted by molar-refractivity contribution is 5.98. The number of ketones is 1. The molecule has 0 saturated carbocycles. The molecule has 0 radical (unpaired) electrons. The number of piperidine rings is 1. The normalized spacial score (nSPS) is 20.9. The second-order valence-corrected chi connectivity index (χ2v) is 4.47. The average Bonchev–Trinajstić information content (AvgIpc) is 2.29. The Morgan fingerprint density at radius 2 is 2.31 bits per heavy atom. The zero-order valence-electron chi connectivity index (χ0n) is 9.94. The van der Waals surface area contributed by atoms with Crippen LogP contribution in [0.15, 0.2) is 18.3 Å². The molecule has 86 valence electrons. The van der Waals surface area contributed by atoms with Crippen molar-refractivity contribution in [2.24, 2.45) is 0 Å². The summed E-state index contributed by atoms with van der Waals surface area (Å²) in [7, 11) is 0. The van der Waals surface area contributed by atoms with E-state index >= 15 is 0 Å². The van der Waals surface area contributed by atoms with Crippen LogP contribution in [0.25, 0.3) is 0 Å². The Bertz CT molecular complexity index is 389. The summed E-state index contributed by atoms with van der Waals surface area (Å²) in [6.45, 7) is 4.82. The molecule has 2 rings (SSSR count). The highest BCUT2D eigenvalue weighted by Gasteiger charge is 2.22. The molecule has 3 heteroatoms. The predicted octanol–water partition coefficient (Wildman–Crippen LogP) is 2.66. The fraction of sp³-hybridized carbons (Fsp3) is 0.538. The number of rotatable bonds is 2. The first kappa shape index (κ1) is 11.1. The number of hydrogen-bond donors (Lipinski definition) is 0. The van der Waals surface area contributed by atoms with Crippen LogP contribution in [-0.4, -0.2) is 23.4 Å². The molecule has 0 bridgehead atoms. The van der Waals surface area contributed by atoms with Crippen molar-refractivity contribution < 1.29 is 4.79 Å². The van der Waals surface area contributed by atoms with E-state index in [1.54, 1.807) is 13.1 Å². The molecule has 1 aliphatic rings. The molecule has 1 aliphatic heterocycles. The maximum atomic E-state index is 11.5. The van der Waals surface area contributed by atoms with Gasteiger partial charge in [-0.3, -0.25) is 4.79 Å². The minimum absolute atomic E-state index is 0.0980. The molecular weight excluding hydrogens is 200 g/mol. The molecule has 1 fully saturated rings. The van der Waals surface area contributed by atoms with Crippen LogP contribution < -0.4 is 4.90 Å². The quantitative estimate of drug-likeness (QED) is 0.715. The monoisotopic (exact) mass is 218 g/mol. The minimum atomic E-state index is 0.0980. The average molecular weight is 218 g/mol. The first-order valence-electron chi connectivity index (χ1n) is 5.92. The summed E-state index contributed by atoms with van der Waals surface area (Å²) < 4.78 is 0. The molecule has 1 aromatic heterocycles. The topological polar surface area (TPSA) is 33.2 Å². The van der Waals surface area contributed by atoms with Gasteiger partial charge in [-0.15, -0.1) is 0 Å². The molecule has 0 aliphatic carbocycles. The summed E-state index contributed by atoms with van der Waals surface area (Å²) >= 11 is 0. The number of carbonyl (C=O) groups excluding carboxylic acids is 1. The summed E-state index contributed by atoms with van der Waals surface area (Å²) in [4.78, 5) is 18.2. The van der Waals surface area contributed by atoms with Gasteiger partial charge < -0.3 is 4.90 Å². The molecule has 0 aromatic carbocycles. The van der Waals surface area contributed by atoms with E-state index in [-0.39, 0.29) is 5.78 Å². The molecular formula is C13H18N2O. The number of hydrogen-bond acceptors (Lipinski definition) is 3. The van der Waals surface area contributed by atoms with Gasteiger partial charge in [0.25, 0.3) is 0 Å². The standard InChI is InChI=1S/C13H18N2O/c1-10-6-3-4-9-15(10)13-12(11(2)16)7-5-8-14-13/h5,7-8,10H,3-4,6,9H2,1-2H3. The summed E-state index contributed by atoms with van der Waals surface area (Å²) in [5.74, 6) is 0.961. The first-order chi connectivity index (χ1) is 7.70. The van der Waals surface area contributed by atoms with Gasteiger partial charge >= 0.3 is 0 Å². The van der Waals surface area contributed by atoms with Crippen molar-refractivity contribution in [3.63, 3.8) is 0 Å². The van der Waals surface area contributed by atoms with Gasteiger partial charge in [0.05, 0.1) is 5.56 Å². The van der Waals surface area contributed by atoms with E-state index in [0.717, 1.165) is 17.9 Å². The Balaban J connectivity index is 2.34. The third-order valence-electron chi connectivity index (χ3n) is 3.24. The van der Waals surface area contributed by atoms with Gasteiger partial charge in [0, 0.05) is 18.8 Å². The Morgan fingerprint density at radius 3 is 3.00 bits per heavy atom. The smallest absolute Gasteiger partial charge is 0.163 e. The molecule has 0 amide bonds. The Kier molecular flexibility index (Phi) is 3.22. The number of aromatic nitrogens is 1. The molecule has 1 atom stereocenters. The maximum Gasteiger partial charge on any atom is 0.163 e. The number of carbonyl (C=O) groups is 1. The molecule has 1 saturated heterocycles. The van der Waals surface area contributed by atoms with Crippen LogP contribution >= 0.6 is 0 Å². The van der Waals surface area contributed by atoms with E-state index in [4.69, 9.17) is 0 Å². The van der Waals surface area contributed by atoms with Crippen molar-refractivity contribution in [1.82, 2.24) is 4.98 Å². The lowest BCUT2D eigenvalue weighted by atomic mass is 10.0. The van der Waals surface area contributed by atoms with Gasteiger partial charge in [-0.1, -0.05) is 0 Å². The van der Waals surface area contributed by atoms with Gasteiger partial charge in [-0.25, -0.2) is 4.98 Å². The lowest BCUT2D eigenvalue weighted by Gasteiger charge is -2.35. The van der Waals surface area contributed by atoms with Crippen LogP contribution in [0.2, 0.25) is 0 Å². The summed E-state index contributed by atoms with van der Waals surface area (Å²) in [5, 5.41) is 0. The Hall–Kier alpha value is -1.38. The third kappa shape index (κ3) is 2.08. The van der Waals surface area contributed by atoms with Crippen molar-refractivity contribution in [2.75, 3.05) is 11.4 Å². The van der Waals surface area contributed by atoms with E-state index in [0.29, 0.717) is 6.04 Å². The second kappa shape index (κ2) is 4.64. The van der Waals surface area contributed by atoms with Gasteiger partial charge in [-0.2, -0.15) is 0 Å². The van der Waals surface area contributed by atoms with Crippen molar-refractivity contribution >= 4 is 11.6 Å². The van der Waals surface area contributed by atoms with E-state index in [1.807, 2.05) is 12.1 Å². The zero-order valence-corrected chi connectivity index (χ0v) is 9.94. The number of Topliss-reactive ketones (excluding diaryl/α,β-unsaturated/α-hetero) is 1. The predicted molar refractivity (Wildman–Crippen MR) is 64.9 cm³/mol. The van der Waals surface area contributed by atoms with Crippen LogP contribution in [0.3, 0.4) is 0 Å². The highest BCUT2D eigenvalue weighted by atomic mass is 16.1. The second-order valence-electron chi connectivity index (χ2n) is 4.47. The third-order valence-corrected chi connectivity index (χ3v) is 3.24. The molecule has 0 N–H and O–H groups in total. The maximum absolute atomic E-state index is 11.5. The molecule has 0 spiro atoms. The lowest BCUT2D eigenvalue weighted by molar-refractivity contribution is 0.101. The lowest BCUT2D eigenvalue weighted by Crippen LogP contribution is -2.38. The van der Waals surface area contributed by atoms with E-state index < -0.39 is 0 Å². The fourth-order valence-electron chi connectivity index (χ4n) is 2.31. The SMILES string of the molecule is CC(=O)c1cccnc1N1CCCCC1C. The van der Waals surface area contributed by atoms with Crippen LogP contribution in [0.5, 0.6) is 0 Å². The largest absolute Gasteiger partial charge is 0.353 e. The number of anilines is 1. The Labute approximate surface area is 96.5 Å². The van der Waals surface area contributed by atoms with Crippen LogP contribution in [0.1, 0.15) is 43.5 Å². The van der Waals surface area contributed by atoms with Crippen LogP contribution in [0.4, 0.5) is 5.82 Å². The van der Waals surface area contributed by atoms with Crippen molar-refractivity contribution in [1.29, 1.82) is 0 Å². The molecule has 16 heavy (non-hydrogen) atoms. The van der Waals surface area contributed by atoms with Crippen molar-refractivity contribution in [3.8, 4) is 0 Å². The van der Waals surface area contributed by atoms with E-state index in [9.17, 15) is 4.79 Å². The van der Waals surface area contributed by atoms with Gasteiger partial charge in [0.15, 0.2) is 5.78 Å². The molecule has 1 unspecified atom stereocenters.